The van der Waals surface area contributed by atoms with Crippen molar-refractivity contribution in [3.8, 4) is 0 Å². The van der Waals surface area contributed by atoms with Crippen molar-refractivity contribution in [2.75, 3.05) is 5.32 Å². The summed E-state index contributed by atoms with van der Waals surface area (Å²) in [7, 11) is 0. The number of nitrogens with one attached hydrogen (secondary N) is 1. The number of hydrogen-bond acceptors (Lipinski definition) is 2. The minimum absolute atomic E-state index is 0.0757. The van der Waals surface area contributed by atoms with Crippen molar-refractivity contribution in [1.29, 1.82) is 0 Å². The number of halogens is 1. The van der Waals surface area contributed by atoms with Crippen LogP contribution >= 0.6 is 15.9 Å². The Bertz CT molecular complexity index is 388. The Morgan fingerprint density at radius 2 is 2.40 bits per heavy atom. The molecule has 15 heavy (non-hydrogen) atoms. The molecule has 1 N–H and O–H groups in total. The summed E-state index contributed by atoms with van der Waals surface area (Å²) in [5, 5.41) is 2.81. The molecule has 1 fully saturated rings. The van der Waals surface area contributed by atoms with Crippen LogP contribution < -0.4 is 5.32 Å². The van der Waals surface area contributed by atoms with E-state index in [1.165, 1.54) is 12.8 Å². The van der Waals surface area contributed by atoms with Gasteiger partial charge in [0.15, 0.2) is 0 Å². The fraction of sp³-hybridized carbons (Fsp3) is 0.455. The lowest BCUT2D eigenvalue weighted by Gasteiger charge is -2.05. The lowest BCUT2D eigenvalue weighted by Crippen LogP contribution is -2.13. The van der Waals surface area contributed by atoms with Gasteiger partial charge in [-0.15, -0.1) is 0 Å². The van der Waals surface area contributed by atoms with E-state index in [0.29, 0.717) is 18.2 Å². The summed E-state index contributed by atoms with van der Waals surface area (Å²) in [6, 6.07) is 1.87. The third kappa shape index (κ3) is 3.02. The van der Waals surface area contributed by atoms with Gasteiger partial charge in [0.05, 0.1) is 0 Å². The largest absolute Gasteiger partial charge is 0.311 e. The highest BCUT2D eigenvalue weighted by Gasteiger charge is 2.24. The number of rotatable bonds is 3. The topological polar surface area (TPSA) is 42.0 Å². The van der Waals surface area contributed by atoms with Crippen molar-refractivity contribution in [3.63, 3.8) is 0 Å². The first-order chi connectivity index (χ1) is 7.15. The molecular weight excluding hydrogens is 256 g/mol. The molecule has 0 bridgehead atoms. The van der Waals surface area contributed by atoms with Gasteiger partial charge in [0.1, 0.15) is 5.82 Å². The standard InChI is InChI=1S/C11H13BrN2O/c1-7-4-10(13-6-9(7)12)14-11(15)5-8-2-3-8/h4,6,8H,2-3,5H2,1H3,(H,13,14,15). The van der Waals surface area contributed by atoms with Crippen LogP contribution in [0.5, 0.6) is 0 Å². The van der Waals surface area contributed by atoms with Crippen LogP contribution in [0.15, 0.2) is 16.7 Å². The lowest BCUT2D eigenvalue weighted by atomic mass is 10.2. The number of aryl methyl sites for hydroxylation is 1. The molecule has 1 aromatic rings. The van der Waals surface area contributed by atoms with Crippen LogP contribution in [0.3, 0.4) is 0 Å². The van der Waals surface area contributed by atoms with Gasteiger partial charge in [0.25, 0.3) is 0 Å². The molecule has 0 atom stereocenters. The molecule has 1 amide bonds. The molecule has 0 spiro atoms. The number of aromatic nitrogens is 1. The van der Waals surface area contributed by atoms with Gasteiger partial charge in [0, 0.05) is 17.1 Å². The number of nitrogens with zero attached hydrogens (tertiary/aromatic N) is 1. The van der Waals surface area contributed by atoms with E-state index in [9.17, 15) is 4.79 Å². The van der Waals surface area contributed by atoms with E-state index >= 15 is 0 Å². The SMILES string of the molecule is Cc1cc(NC(=O)CC2CC2)ncc1Br. The van der Waals surface area contributed by atoms with E-state index < -0.39 is 0 Å². The van der Waals surface area contributed by atoms with Crippen LogP contribution in [0.1, 0.15) is 24.8 Å². The molecule has 1 saturated carbocycles. The monoisotopic (exact) mass is 268 g/mol. The van der Waals surface area contributed by atoms with Gasteiger partial charge in [-0.05, 0) is 53.2 Å². The molecule has 80 valence electrons. The Balaban J connectivity index is 1.97. The number of hydrogen-bond donors (Lipinski definition) is 1. The average molecular weight is 269 g/mol. The molecule has 3 nitrogen and oxygen atoms in total. The van der Waals surface area contributed by atoms with Crippen molar-refractivity contribution >= 4 is 27.7 Å². The zero-order valence-corrected chi connectivity index (χ0v) is 10.2. The zero-order valence-electron chi connectivity index (χ0n) is 8.59. The summed E-state index contributed by atoms with van der Waals surface area (Å²) < 4.78 is 0.961. The highest BCUT2D eigenvalue weighted by molar-refractivity contribution is 9.10. The third-order valence-corrected chi connectivity index (χ3v) is 3.32. The smallest absolute Gasteiger partial charge is 0.225 e. The van der Waals surface area contributed by atoms with E-state index in [4.69, 9.17) is 0 Å². The third-order valence-electron chi connectivity index (χ3n) is 2.49. The first-order valence-electron chi connectivity index (χ1n) is 5.07. The van der Waals surface area contributed by atoms with Crippen LogP contribution in [0, 0.1) is 12.8 Å². The second-order valence-corrected chi connectivity index (χ2v) is 4.87. The van der Waals surface area contributed by atoms with E-state index in [0.717, 1.165) is 10.0 Å². The molecule has 1 aliphatic rings. The van der Waals surface area contributed by atoms with Gasteiger partial charge in [-0.2, -0.15) is 0 Å². The van der Waals surface area contributed by atoms with Crippen LogP contribution in [0.4, 0.5) is 5.82 Å². The summed E-state index contributed by atoms with van der Waals surface area (Å²) in [5.41, 5.74) is 1.08. The maximum absolute atomic E-state index is 11.5. The van der Waals surface area contributed by atoms with Crippen molar-refractivity contribution in [3.05, 3.63) is 22.3 Å². The number of anilines is 1. The first-order valence-corrected chi connectivity index (χ1v) is 5.86. The zero-order chi connectivity index (χ0) is 10.8. The lowest BCUT2D eigenvalue weighted by molar-refractivity contribution is -0.116. The van der Waals surface area contributed by atoms with Gasteiger partial charge in [-0.3, -0.25) is 4.79 Å². The molecule has 0 aromatic carbocycles. The van der Waals surface area contributed by atoms with E-state index in [-0.39, 0.29) is 5.91 Å². The van der Waals surface area contributed by atoms with Gasteiger partial charge in [-0.1, -0.05) is 0 Å². The van der Waals surface area contributed by atoms with Gasteiger partial charge >= 0.3 is 0 Å². The Morgan fingerprint density at radius 1 is 1.67 bits per heavy atom. The molecule has 0 aliphatic heterocycles. The summed E-state index contributed by atoms with van der Waals surface area (Å²) in [5.74, 6) is 1.33. The highest BCUT2D eigenvalue weighted by Crippen LogP contribution is 2.32. The van der Waals surface area contributed by atoms with E-state index in [1.807, 2.05) is 13.0 Å². The maximum Gasteiger partial charge on any atom is 0.225 e. The van der Waals surface area contributed by atoms with Crippen molar-refractivity contribution < 1.29 is 4.79 Å². The van der Waals surface area contributed by atoms with Crippen LogP contribution in [-0.4, -0.2) is 10.9 Å². The first kappa shape index (κ1) is 10.6. The quantitative estimate of drug-likeness (QED) is 0.916. The second-order valence-electron chi connectivity index (χ2n) is 4.01. The Labute approximate surface area is 97.4 Å². The fourth-order valence-electron chi connectivity index (χ4n) is 1.39. The van der Waals surface area contributed by atoms with Crippen molar-refractivity contribution in [1.82, 2.24) is 4.98 Å². The van der Waals surface area contributed by atoms with Crippen LogP contribution in [0.2, 0.25) is 0 Å². The van der Waals surface area contributed by atoms with Crippen LogP contribution in [0.25, 0.3) is 0 Å². The molecule has 2 rings (SSSR count). The Kier molecular flexibility index (Phi) is 3.05. The van der Waals surface area contributed by atoms with Crippen molar-refractivity contribution in [2.24, 2.45) is 5.92 Å². The molecule has 0 unspecified atom stereocenters. The molecule has 0 radical (unpaired) electrons. The Morgan fingerprint density at radius 3 is 3.00 bits per heavy atom. The van der Waals surface area contributed by atoms with Gasteiger partial charge < -0.3 is 5.32 Å². The van der Waals surface area contributed by atoms with Crippen molar-refractivity contribution in [2.45, 2.75) is 26.2 Å². The van der Waals surface area contributed by atoms with Gasteiger partial charge in [0.2, 0.25) is 5.91 Å². The average Bonchev–Trinajstić information content (AvgIpc) is 2.95. The predicted octanol–water partition coefficient (Wildman–Crippen LogP) is 2.89. The van der Waals surface area contributed by atoms with E-state index in [1.54, 1.807) is 6.20 Å². The molecule has 4 heteroatoms. The molecule has 1 aliphatic carbocycles. The summed E-state index contributed by atoms with van der Waals surface area (Å²) >= 11 is 3.37. The van der Waals surface area contributed by atoms with Gasteiger partial charge in [-0.25, -0.2) is 4.98 Å². The summed E-state index contributed by atoms with van der Waals surface area (Å²) in [4.78, 5) is 15.6. The summed E-state index contributed by atoms with van der Waals surface area (Å²) in [6.45, 7) is 1.97. The predicted molar refractivity (Wildman–Crippen MR) is 62.6 cm³/mol. The van der Waals surface area contributed by atoms with E-state index in [2.05, 4.69) is 26.2 Å². The summed E-state index contributed by atoms with van der Waals surface area (Å²) in [6.07, 6.45) is 4.74. The highest BCUT2D eigenvalue weighted by atomic mass is 79.9. The number of amides is 1. The number of carbonyl (C=O) groups is 1. The molecule has 0 saturated heterocycles. The maximum atomic E-state index is 11.5. The molecule has 1 heterocycles. The minimum atomic E-state index is 0.0757. The molecular formula is C11H13BrN2O. The molecule has 1 aromatic heterocycles. The fourth-order valence-corrected chi connectivity index (χ4v) is 1.60. The van der Waals surface area contributed by atoms with Crippen LogP contribution in [-0.2, 0) is 4.79 Å². The minimum Gasteiger partial charge on any atom is -0.311 e. The number of carbonyl (C=O) groups excluding carboxylic acids is 1. The Hall–Kier alpha value is -0.900. The normalized spacial score (nSPS) is 15.1. The second kappa shape index (κ2) is 4.31. The number of pyridine rings is 1.